The van der Waals surface area contributed by atoms with Crippen LogP contribution in [0, 0.1) is 0 Å². The molecule has 0 saturated heterocycles. The maximum atomic E-state index is 12.2. The summed E-state index contributed by atoms with van der Waals surface area (Å²) in [5, 5.41) is 6.51. The SMILES string of the molecule is O=C(Cn1nc(-c2cccc3ccccc23)ccc1=O)OCc1ccccc1. The van der Waals surface area contributed by atoms with Gasteiger partial charge < -0.3 is 4.74 Å². The Balaban J connectivity index is 1.57. The molecule has 0 radical (unpaired) electrons. The second kappa shape index (κ2) is 7.88. The molecule has 5 nitrogen and oxygen atoms in total. The Bertz CT molecular complexity index is 1180. The molecular formula is C23H18N2O3. The van der Waals surface area contributed by atoms with E-state index in [9.17, 15) is 9.59 Å². The Kier molecular flexibility index (Phi) is 4.97. The summed E-state index contributed by atoms with van der Waals surface area (Å²) in [6, 6.07) is 26.4. The van der Waals surface area contributed by atoms with E-state index in [2.05, 4.69) is 5.10 Å². The van der Waals surface area contributed by atoms with Crippen LogP contribution >= 0.6 is 0 Å². The van der Waals surface area contributed by atoms with E-state index < -0.39 is 5.97 Å². The Morgan fingerprint density at radius 3 is 2.46 bits per heavy atom. The van der Waals surface area contributed by atoms with Crippen LogP contribution in [-0.4, -0.2) is 15.7 Å². The fourth-order valence-electron chi connectivity index (χ4n) is 3.06. The third-order valence-electron chi connectivity index (χ3n) is 4.45. The Morgan fingerprint density at radius 2 is 1.61 bits per heavy atom. The number of benzene rings is 3. The molecule has 1 aromatic heterocycles. The van der Waals surface area contributed by atoms with Gasteiger partial charge in [-0.25, -0.2) is 4.68 Å². The largest absolute Gasteiger partial charge is 0.459 e. The van der Waals surface area contributed by atoms with E-state index in [0.29, 0.717) is 5.69 Å². The molecule has 0 spiro atoms. The lowest BCUT2D eigenvalue weighted by molar-refractivity contribution is -0.146. The molecule has 5 heteroatoms. The van der Waals surface area contributed by atoms with Crippen LogP contribution in [0.2, 0.25) is 0 Å². The quantitative estimate of drug-likeness (QED) is 0.501. The van der Waals surface area contributed by atoms with Gasteiger partial charge in [-0.2, -0.15) is 5.10 Å². The lowest BCUT2D eigenvalue weighted by Gasteiger charge is -2.09. The van der Waals surface area contributed by atoms with Crippen molar-refractivity contribution in [3.8, 4) is 11.3 Å². The first-order valence-corrected chi connectivity index (χ1v) is 8.96. The number of aromatic nitrogens is 2. The van der Waals surface area contributed by atoms with Gasteiger partial charge in [0, 0.05) is 11.6 Å². The van der Waals surface area contributed by atoms with Gasteiger partial charge in [-0.15, -0.1) is 0 Å². The van der Waals surface area contributed by atoms with E-state index in [1.165, 1.54) is 6.07 Å². The van der Waals surface area contributed by atoms with Crippen molar-refractivity contribution in [2.45, 2.75) is 13.2 Å². The van der Waals surface area contributed by atoms with Crippen molar-refractivity contribution < 1.29 is 9.53 Å². The highest BCUT2D eigenvalue weighted by Crippen LogP contribution is 2.26. The summed E-state index contributed by atoms with van der Waals surface area (Å²) < 4.78 is 6.41. The average molecular weight is 370 g/mol. The summed E-state index contributed by atoms with van der Waals surface area (Å²) in [5.74, 6) is -0.506. The van der Waals surface area contributed by atoms with Gasteiger partial charge in [0.05, 0.1) is 5.69 Å². The molecule has 4 aromatic rings. The lowest BCUT2D eigenvalue weighted by Crippen LogP contribution is -2.27. The number of hydrogen-bond acceptors (Lipinski definition) is 4. The van der Waals surface area contributed by atoms with Crippen LogP contribution < -0.4 is 5.56 Å². The highest BCUT2D eigenvalue weighted by Gasteiger charge is 2.11. The third-order valence-corrected chi connectivity index (χ3v) is 4.45. The van der Waals surface area contributed by atoms with E-state index in [1.54, 1.807) is 6.07 Å². The van der Waals surface area contributed by atoms with Crippen molar-refractivity contribution >= 4 is 16.7 Å². The summed E-state index contributed by atoms with van der Waals surface area (Å²) in [6.45, 7) is -0.0677. The van der Waals surface area contributed by atoms with Crippen molar-refractivity contribution in [2.75, 3.05) is 0 Å². The molecule has 0 fully saturated rings. The normalized spacial score (nSPS) is 10.7. The zero-order chi connectivity index (χ0) is 19.3. The van der Waals surface area contributed by atoms with Crippen LogP contribution in [-0.2, 0) is 22.7 Å². The maximum absolute atomic E-state index is 12.2. The number of esters is 1. The number of carbonyl (C=O) groups is 1. The zero-order valence-electron chi connectivity index (χ0n) is 15.1. The fourth-order valence-corrected chi connectivity index (χ4v) is 3.06. The molecule has 1 heterocycles. The number of nitrogens with zero attached hydrogens (tertiary/aromatic N) is 2. The molecule has 0 amide bonds. The molecule has 4 rings (SSSR count). The molecule has 0 aliphatic heterocycles. The monoisotopic (exact) mass is 370 g/mol. The van der Waals surface area contributed by atoms with Gasteiger partial charge >= 0.3 is 5.97 Å². The summed E-state index contributed by atoms with van der Waals surface area (Å²) in [5.41, 5.74) is 2.08. The minimum absolute atomic E-state index is 0.164. The molecule has 0 aliphatic carbocycles. The minimum atomic E-state index is -0.506. The number of fused-ring (bicyclic) bond motifs is 1. The van der Waals surface area contributed by atoms with Gasteiger partial charge in [-0.05, 0) is 22.4 Å². The summed E-state index contributed by atoms with van der Waals surface area (Å²) in [6.07, 6.45) is 0. The van der Waals surface area contributed by atoms with Crippen LogP contribution in [0.25, 0.3) is 22.0 Å². The van der Waals surface area contributed by atoms with Gasteiger partial charge in [0.15, 0.2) is 0 Å². The maximum Gasteiger partial charge on any atom is 0.328 e. The van der Waals surface area contributed by atoms with Crippen molar-refractivity contribution in [1.29, 1.82) is 0 Å². The van der Waals surface area contributed by atoms with E-state index in [1.807, 2.05) is 72.8 Å². The number of rotatable bonds is 5. The number of carbonyl (C=O) groups excluding carboxylic acids is 1. The minimum Gasteiger partial charge on any atom is -0.459 e. The molecule has 0 aliphatic rings. The van der Waals surface area contributed by atoms with Gasteiger partial charge in [0.1, 0.15) is 13.2 Å². The first-order chi connectivity index (χ1) is 13.7. The first kappa shape index (κ1) is 17.7. The van der Waals surface area contributed by atoms with Crippen molar-refractivity contribution in [2.24, 2.45) is 0 Å². The number of ether oxygens (including phenoxy) is 1. The summed E-state index contributed by atoms with van der Waals surface area (Å²) >= 11 is 0. The molecular weight excluding hydrogens is 352 g/mol. The van der Waals surface area contributed by atoms with Crippen molar-refractivity contribution in [1.82, 2.24) is 9.78 Å². The predicted octanol–water partition coefficient (Wildman–Crippen LogP) is 3.81. The Labute approximate surface area is 161 Å². The standard InChI is InChI=1S/C23H18N2O3/c26-22-14-13-21(20-12-6-10-18-9-4-5-11-19(18)20)24-25(22)15-23(27)28-16-17-7-2-1-3-8-17/h1-14H,15-16H2. The predicted molar refractivity (Wildman–Crippen MR) is 108 cm³/mol. The van der Waals surface area contributed by atoms with E-state index in [-0.39, 0.29) is 18.7 Å². The van der Waals surface area contributed by atoms with Gasteiger partial charge in [0.25, 0.3) is 5.56 Å². The molecule has 0 unspecified atom stereocenters. The number of hydrogen-bond donors (Lipinski definition) is 0. The topological polar surface area (TPSA) is 61.2 Å². The van der Waals surface area contributed by atoms with Gasteiger partial charge in [-0.3, -0.25) is 9.59 Å². The molecule has 0 atom stereocenters. The fraction of sp³-hybridized carbons (Fsp3) is 0.0870. The third kappa shape index (κ3) is 3.83. The molecule has 138 valence electrons. The Morgan fingerprint density at radius 1 is 0.857 bits per heavy atom. The molecule has 28 heavy (non-hydrogen) atoms. The van der Waals surface area contributed by atoms with Gasteiger partial charge in [-0.1, -0.05) is 72.8 Å². The average Bonchev–Trinajstić information content (AvgIpc) is 2.74. The van der Waals surface area contributed by atoms with Crippen molar-refractivity contribution in [3.63, 3.8) is 0 Å². The first-order valence-electron chi connectivity index (χ1n) is 8.96. The summed E-state index contributed by atoms with van der Waals surface area (Å²) in [7, 11) is 0. The van der Waals surface area contributed by atoms with Crippen molar-refractivity contribution in [3.05, 3.63) is 101 Å². The highest BCUT2D eigenvalue weighted by molar-refractivity contribution is 5.95. The second-order valence-corrected chi connectivity index (χ2v) is 6.39. The highest BCUT2D eigenvalue weighted by atomic mass is 16.5. The Hall–Kier alpha value is -3.73. The van der Waals surface area contributed by atoms with E-state index in [4.69, 9.17) is 4.74 Å². The van der Waals surface area contributed by atoms with Crippen LogP contribution in [0.15, 0.2) is 89.7 Å². The molecule has 3 aromatic carbocycles. The van der Waals surface area contributed by atoms with Crippen LogP contribution in [0.3, 0.4) is 0 Å². The summed E-state index contributed by atoms with van der Waals surface area (Å²) in [4.78, 5) is 24.3. The van der Waals surface area contributed by atoms with Gasteiger partial charge in [0.2, 0.25) is 0 Å². The zero-order valence-corrected chi connectivity index (χ0v) is 15.1. The second-order valence-electron chi connectivity index (χ2n) is 6.39. The van der Waals surface area contributed by atoms with Crippen LogP contribution in [0.5, 0.6) is 0 Å². The molecule has 0 saturated carbocycles. The van der Waals surface area contributed by atoms with E-state index >= 15 is 0 Å². The van der Waals surface area contributed by atoms with Crippen LogP contribution in [0.4, 0.5) is 0 Å². The molecule has 0 bridgehead atoms. The smallest absolute Gasteiger partial charge is 0.328 e. The molecule has 0 N–H and O–H groups in total. The van der Waals surface area contributed by atoms with E-state index in [0.717, 1.165) is 26.6 Å². The van der Waals surface area contributed by atoms with Crippen LogP contribution in [0.1, 0.15) is 5.56 Å². The lowest BCUT2D eigenvalue weighted by atomic mass is 10.0.